The number of hydrogen-bond donors (Lipinski definition) is 1. The Balaban J connectivity index is 3.46. The van der Waals surface area contributed by atoms with Crippen molar-refractivity contribution in [2.75, 3.05) is 5.73 Å². The van der Waals surface area contributed by atoms with Crippen molar-refractivity contribution in [2.45, 2.75) is 20.8 Å². The number of rotatable bonds is 0. The van der Waals surface area contributed by atoms with Gasteiger partial charge in [-0.05, 0) is 42.3 Å². The minimum Gasteiger partial charge on any atom is -0.397 e. The predicted octanol–water partition coefficient (Wildman–Crippen LogP) is 2.35. The van der Waals surface area contributed by atoms with Gasteiger partial charge in [-0.15, -0.1) is 0 Å². The molecule has 0 amide bonds. The summed E-state index contributed by atoms with van der Waals surface area (Å²) in [5.74, 6) is 0. The van der Waals surface area contributed by atoms with Gasteiger partial charge in [0.1, 0.15) is 0 Å². The van der Waals surface area contributed by atoms with Crippen molar-refractivity contribution in [1.29, 1.82) is 0 Å². The van der Waals surface area contributed by atoms with Gasteiger partial charge in [0.05, 0.1) is 17.1 Å². The van der Waals surface area contributed by atoms with E-state index in [2.05, 4.69) is 20.9 Å². The summed E-state index contributed by atoms with van der Waals surface area (Å²) in [4.78, 5) is 4.26. The number of halogens is 1. The number of nitrogens with zero attached hydrogens (tertiary/aromatic N) is 1. The van der Waals surface area contributed by atoms with Crippen LogP contribution in [0.2, 0.25) is 0 Å². The lowest BCUT2D eigenvalue weighted by Gasteiger charge is -2.07. The Morgan fingerprint density at radius 3 is 2.27 bits per heavy atom. The first-order chi connectivity index (χ1) is 5.04. The highest BCUT2D eigenvalue weighted by Gasteiger charge is 2.06. The fraction of sp³-hybridized carbons (Fsp3) is 0.375. The highest BCUT2D eigenvalue weighted by atomic mass is 79.9. The molecular weight excluding hydrogens is 204 g/mol. The van der Waals surface area contributed by atoms with Gasteiger partial charge in [0, 0.05) is 4.47 Å². The standard InChI is InChI=1S/C8H11BrN2/c1-4-7(9)5(2)11-6(3)8(4)10/h10H2,1-3H3. The third-order valence-electron chi connectivity index (χ3n) is 1.78. The molecule has 0 aromatic carbocycles. The Labute approximate surface area is 75.0 Å². The van der Waals surface area contributed by atoms with E-state index < -0.39 is 0 Å². The lowest BCUT2D eigenvalue weighted by atomic mass is 10.2. The number of aryl methyl sites for hydroxylation is 2. The molecule has 2 nitrogen and oxygen atoms in total. The Morgan fingerprint density at radius 2 is 1.73 bits per heavy atom. The highest BCUT2D eigenvalue weighted by Crippen LogP contribution is 2.25. The van der Waals surface area contributed by atoms with Gasteiger partial charge >= 0.3 is 0 Å². The zero-order valence-corrected chi connectivity index (χ0v) is 8.49. The molecule has 0 unspecified atom stereocenters. The van der Waals surface area contributed by atoms with Gasteiger partial charge in [0.2, 0.25) is 0 Å². The third kappa shape index (κ3) is 1.38. The minimum absolute atomic E-state index is 0.780. The molecule has 0 aliphatic heterocycles. The Hall–Kier alpha value is -0.570. The number of nitrogens with two attached hydrogens (primary N) is 1. The molecule has 0 aliphatic rings. The van der Waals surface area contributed by atoms with Crippen LogP contribution < -0.4 is 5.73 Å². The molecule has 0 atom stereocenters. The van der Waals surface area contributed by atoms with Crippen LogP contribution in [0.15, 0.2) is 4.47 Å². The van der Waals surface area contributed by atoms with Gasteiger partial charge in [-0.25, -0.2) is 0 Å². The minimum atomic E-state index is 0.780. The Kier molecular flexibility index (Phi) is 2.18. The zero-order chi connectivity index (χ0) is 8.59. The topological polar surface area (TPSA) is 38.9 Å². The van der Waals surface area contributed by atoms with Crippen LogP contribution in [0, 0.1) is 20.8 Å². The van der Waals surface area contributed by atoms with Crippen LogP contribution in [-0.4, -0.2) is 4.98 Å². The lowest BCUT2D eigenvalue weighted by Crippen LogP contribution is -1.99. The quantitative estimate of drug-likeness (QED) is 0.721. The van der Waals surface area contributed by atoms with Gasteiger partial charge < -0.3 is 5.73 Å². The summed E-state index contributed by atoms with van der Waals surface area (Å²) in [6.07, 6.45) is 0. The molecule has 3 heteroatoms. The van der Waals surface area contributed by atoms with Gasteiger partial charge in [-0.2, -0.15) is 0 Å². The van der Waals surface area contributed by atoms with Crippen LogP contribution in [0.4, 0.5) is 5.69 Å². The fourth-order valence-corrected chi connectivity index (χ4v) is 1.32. The molecule has 1 aromatic rings. The van der Waals surface area contributed by atoms with E-state index in [0.29, 0.717) is 0 Å². The molecule has 0 saturated heterocycles. The smallest absolute Gasteiger partial charge is 0.0608 e. The molecular formula is C8H11BrN2. The molecule has 2 N–H and O–H groups in total. The van der Waals surface area contributed by atoms with Crippen molar-refractivity contribution in [1.82, 2.24) is 4.98 Å². The maximum atomic E-state index is 5.76. The van der Waals surface area contributed by atoms with Crippen molar-refractivity contribution in [3.63, 3.8) is 0 Å². The van der Waals surface area contributed by atoms with Gasteiger partial charge in [-0.3, -0.25) is 4.98 Å². The van der Waals surface area contributed by atoms with Crippen LogP contribution in [0.25, 0.3) is 0 Å². The number of aromatic nitrogens is 1. The van der Waals surface area contributed by atoms with E-state index in [1.807, 2.05) is 20.8 Å². The second-order valence-corrected chi connectivity index (χ2v) is 3.43. The molecule has 0 saturated carbocycles. The van der Waals surface area contributed by atoms with Crippen molar-refractivity contribution >= 4 is 21.6 Å². The summed E-state index contributed by atoms with van der Waals surface area (Å²) >= 11 is 3.42. The normalized spacial score (nSPS) is 10.2. The molecule has 0 bridgehead atoms. The fourth-order valence-electron chi connectivity index (χ4n) is 1.02. The van der Waals surface area contributed by atoms with Crippen molar-refractivity contribution in [3.8, 4) is 0 Å². The second kappa shape index (κ2) is 2.81. The lowest BCUT2D eigenvalue weighted by molar-refractivity contribution is 1.09. The molecule has 11 heavy (non-hydrogen) atoms. The monoisotopic (exact) mass is 214 g/mol. The first-order valence-corrected chi connectivity index (χ1v) is 4.22. The maximum Gasteiger partial charge on any atom is 0.0608 e. The van der Waals surface area contributed by atoms with Crippen molar-refractivity contribution in [2.24, 2.45) is 0 Å². The number of pyridine rings is 1. The third-order valence-corrected chi connectivity index (χ3v) is 2.94. The van der Waals surface area contributed by atoms with Gasteiger partial charge in [0.15, 0.2) is 0 Å². The molecule has 1 aromatic heterocycles. The second-order valence-electron chi connectivity index (χ2n) is 2.64. The number of nitrogen functional groups attached to an aromatic ring is 1. The van der Waals surface area contributed by atoms with Crippen LogP contribution in [0.5, 0.6) is 0 Å². The first-order valence-electron chi connectivity index (χ1n) is 3.42. The van der Waals surface area contributed by atoms with E-state index in [1.165, 1.54) is 0 Å². The van der Waals surface area contributed by atoms with Gasteiger partial charge in [-0.1, -0.05) is 0 Å². The molecule has 0 aliphatic carbocycles. The molecule has 0 spiro atoms. The van der Waals surface area contributed by atoms with E-state index in [-0.39, 0.29) is 0 Å². The summed E-state index contributed by atoms with van der Waals surface area (Å²) < 4.78 is 1.01. The molecule has 1 rings (SSSR count). The van der Waals surface area contributed by atoms with Crippen LogP contribution >= 0.6 is 15.9 Å². The molecule has 1 heterocycles. The molecule has 0 fully saturated rings. The van der Waals surface area contributed by atoms with E-state index in [4.69, 9.17) is 5.73 Å². The first kappa shape index (κ1) is 8.53. The van der Waals surface area contributed by atoms with E-state index >= 15 is 0 Å². The Bertz CT molecular complexity index is 268. The summed E-state index contributed by atoms with van der Waals surface area (Å²) in [5, 5.41) is 0. The van der Waals surface area contributed by atoms with E-state index in [0.717, 1.165) is 27.1 Å². The summed E-state index contributed by atoms with van der Waals surface area (Å²) in [5.41, 5.74) is 9.52. The van der Waals surface area contributed by atoms with E-state index in [1.54, 1.807) is 0 Å². The molecule has 60 valence electrons. The summed E-state index contributed by atoms with van der Waals surface area (Å²) in [6, 6.07) is 0. The Morgan fingerprint density at radius 1 is 1.18 bits per heavy atom. The summed E-state index contributed by atoms with van der Waals surface area (Å²) in [6.45, 7) is 5.87. The molecule has 0 radical (unpaired) electrons. The predicted molar refractivity (Wildman–Crippen MR) is 50.6 cm³/mol. The largest absolute Gasteiger partial charge is 0.397 e. The SMILES string of the molecule is Cc1nc(C)c(Br)c(C)c1N. The van der Waals surface area contributed by atoms with Gasteiger partial charge in [0.25, 0.3) is 0 Å². The van der Waals surface area contributed by atoms with Crippen LogP contribution in [0.1, 0.15) is 17.0 Å². The van der Waals surface area contributed by atoms with Crippen LogP contribution in [0.3, 0.4) is 0 Å². The van der Waals surface area contributed by atoms with Crippen molar-refractivity contribution < 1.29 is 0 Å². The van der Waals surface area contributed by atoms with E-state index in [9.17, 15) is 0 Å². The average Bonchev–Trinajstić information content (AvgIpc) is 1.97. The zero-order valence-electron chi connectivity index (χ0n) is 6.90. The maximum absolute atomic E-state index is 5.76. The highest BCUT2D eigenvalue weighted by molar-refractivity contribution is 9.10. The average molecular weight is 215 g/mol. The summed E-state index contributed by atoms with van der Waals surface area (Å²) in [7, 11) is 0. The van der Waals surface area contributed by atoms with Crippen LogP contribution in [-0.2, 0) is 0 Å². The van der Waals surface area contributed by atoms with Crippen molar-refractivity contribution in [3.05, 3.63) is 21.4 Å². The number of hydrogen-bond acceptors (Lipinski definition) is 2. The number of anilines is 1.